The van der Waals surface area contributed by atoms with Crippen LogP contribution in [0.4, 0.5) is 9.18 Å². The lowest BCUT2D eigenvalue weighted by atomic mass is 10.1. The Morgan fingerprint density at radius 2 is 1.83 bits per heavy atom. The summed E-state index contributed by atoms with van der Waals surface area (Å²) in [7, 11) is 0. The van der Waals surface area contributed by atoms with Crippen LogP contribution in [0.3, 0.4) is 0 Å². The molecule has 0 saturated heterocycles. The van der Waals surface area contributed by atoms with Crippen molar-refractivity contribution >= 4 is 6.09 Å². The average molecular weight is 338 g/mol. The Kier molecular flexibility index (Phi) is 9.38. The summed E-state index contributed by atoms with van der Waals surface area (Å²) in [5.74, 6) is 0.486. The van der Waals surface area contributed by atoms with Crippen molar-refractivity contribution in [3.05, 3.63) is 35.9 Å². The van der Waals surface area contributed by atoms with Gasteiger partial charge in [0, 0.05) is 19.1 Å². The molecular weight excluding hydrogens is 307 g/mol. The predicted octanol–water partition coefficient (Wildman–Crippen LogP) is 4.14. The molecule has 0 aliphatic rings. The van der Waals surface area contributed by atoms with E-state index in [-0.39, 0.29) is 25.3 Å². The first kappa shape index (κ1) is 20.4. The van der Waals surface area contributed by atoms with E-state index in [2.05, 4.69) is 13.8 Å². The van der Waals surface area contributed by atoms with Crippen LogP contribution >= 0.6 is 0 Å². The van der Waals surface area contributed by atoms with E-state index < -0.39 is 6.17 Å². The standard InChI is InChI=1S/C19H31FN2O2/c1-15(2)11-12-22(16(3)9-10-18(20)13-21)19(23)24-14-17-7-5-4-6-8-17/h4-8,15-16,18H,9-14,21H2,1-3H3/t16-,18?/m1/s1. The van der Waals surface area contributed by atoms with Crippen molar-refractivity contribution in [3.63, 3.8) is 0 Å². The van der Waals surface area contributed by atoms with Crippen molar-refractivity contribution < 1.29 is 13.9 Å². The largest absolute Gasteiger partial charge is 0.445 e. The number of benzene rings is 1. The summed E-state index contributed by atoms with van der Waals surface area (Å²) in [5.41, 5.74) is 6.28. The Balaban J connectivity index is 2.59. The topological polar surface area (TPSA) is 55.6 Å². The molecule has 1 aromatic carbocycles. The molecule has 0 spiro atoms. The van der Waals surface area contributed by atoms with Crippen LogP contribution < -0.4 is 5.73 Å². The summed E-state index contributed by atoms with van der Waals surface area (Å²) in [5, 5.41) is 0. The monoisotopic (exact) mass is 338 g/mol. The van der Waals surface area contributed by atoms with Gasteiger partial charge in [0.15, 0.2) is 0 Å². The molecule has 1 amide bonds. The van der Waals surface area contributed by atoms with Gasteiger partial charge in [-0.15, -0.1) is 0 Å². The number of nitrogens with zero attached hydrogens (tertiary/aromatic N) is 1. The molecule has 1 aromatic rings. The zero-order valence-electron chi connectivity index (χ0n) is 15.1. The van der Waals surface area contributed by atoms with E-state index >= 15 is 0 Å². The minimum atomic E-state index is -1.01. The van der Waals surface area contributed by atoms with Crippen LogP contribution in [0.25, 0.3) is 0 Å². The Labute approximate surface area is 145 Å². The Morgan fingerprint density at radius 1 is 1.17 bits per heavy atom. The highest BCUT2D eigenvalue weighted by molar-refractivity contribution is 5.68. The van der Waals surface area contributed by atoms with E-state index in [0.29, 0.717) is 25.3 Å². The summed E-state index contributed by atoms with van der Waals surface area (Å²) >= 11 is 0. The van der Waals surface area contributed by atoms with Crippen LogP contribution in [0, 0.1) is 5.92 Å². The Bertz CT molecular complexity index is 468. The second-order valence-electron chi connectivity index (χ2n) is 6.68. The quantitative estimate of drug-likeness (QED) is 0.697. The Morgan fingerprint density at radius 3 is 2.42 bits per heavy atom. The molecule has 2 atom stereocenters. The van der Waals surface area contributed by atoms with Crippen LogP contribution in [0.5, 0.6) is 0 Å². The van der Waals surface area contributed by atoms with E-state index in [4.69, 9.17) is 10.5 Å². The highest BCUT2D eigenvalue weighted by atomic mass is 19.1. The van der Waals surface area contributed by atoms with Gasteiger partial charge in [-0.1, -0.05) is 44.2 Å². The number of hydrogen-bond donors (Lipinski definition) is 1. The van der Waals surface area contributed by atoms with Gasteiger partial charge >= 0.3 is 6.09 Å². The van der Waals surface area contributed by atoms with Gasteiger partial charge < -0.3 is 15.4 Å². The number of alkyl halides is 1. The second kappa shape index (κ2) is 11.0. The maximum atomic E-state index is 13.4. The normalized spacial score (nSPS) is 13.6. The fourth-order valence-electron chi connectivity index (χ4n) is 2.39. The summed E-state index contributed by atoms with van der Waals surface area (Å²) in [6.45, 7) is 7.06. The molecule has 0 aromatic heterocycles. The zero-order chi connectivity index (χ0) is 17.9. The number of carbonyl (C=O) groups excluding carboxylic acids is 1. The molecule has 0 radical (unpaired) electrons. The number of carbonyl (C=O) groups is 1. The lowest BCUT2D eigenvalue weighted by Crippen LogP contribution is -2.40. The molecule has 0 heterocycles. The maximum absolute atomic E-state index is 13.4. The van der Waals surface area contributed by atoms with Gasteiger partial charge in [0.05, 0.1) is 0 Å². The van der Waals surface area contributed by atoms with E-state index in [1.807, 2.05) is 37.3 Å². The van der Waals surface area contributed by atoms with Crippen molar-refractivity contribution in [2.75, 3.05) is 13.1 Å². The second-order valence-corrected chi connectivity index (χ2v) is 6.68. The third-order valence-electron chi connectivity index (χ3n) is 4.07. The zero-order valence-corrected chi connectivity index (χ0v) is 15.1. The smallest absolute Gasteiger partial charge is 0.410 e. The number of rotatable bonds is 10. The first-order valence-electron chi connectivity index (χ1n) is 8.75. The van der Waals surface area contributed by atoms with Crippen molar-refractivity contribution in [2.45, 2.75) is 58.9 Å². The van der Waals surface area contributed by atoms with Crippen molar-refractivity contribution in [1.29, 1.82) is 0 Å². The summed E-state index contributed by atoms with van der Waals surface area (Å²) in [4.78, 5) is 14.2. The number of amides is 1. The lowest BCUT2D eigenvalue weighted by Gasteiger charge is -2.29. The third kappa shape index (κ3) is 7.77. The average Bonchev–Trinajstić information content (AvgIpc) is 2.58. The fourth-order valence-corrected chi connectivity index (χ4v) is 2.39. The number of halogens is 1. The molecule has 0 aliphatic heterocycles. The van der Waals surface area contributed by atoms with Crippen LogP contribution in [-0.2, 0) is 11.3 Å². The van der Waals surface area contributed by atoms with Gasteiger partial charge in [0.2, 0.25) is 0 Å². The van der Waals surface area contributed by atoms with Crippen LogP contribution in [0.15, 0.2) is 30.3 Å². The van der Waals surface area contributed by atoms with E-state index in [1.54, 1.807) is 4.90 Å². The van der Waals surface area contributed by atoms with Crippen LogP contribution in [-0.4, -0.2) is 36.3 Å². The molecular formula is C19H31FN2O2. The molecule has 1 unspecified atom stereocenters. The molecule has 1 rings (SSSR count). The van der Waals surface area contributed by atoms with Gasteiger partial charge in [0.1, 0.15) is 12.8 Å². The minimum absolute atomic E-state index is 0.0250. The maximum Gasteiger partial charge on any atom is 0.410 e. The molecule has 5 heteroatoms. The summed E-state index contributed by atoms with van der Waals surface area (Å²) in [6.07, 6.45) is 0.481. The van der Waals surface area contributed by atoms with Crippen LogP contribution in [0.2, 0.25) is 0 Å². The number of nitrogens with two attached hydrogens (primary N) is 1. The van der Waals surface area contributed by atoms with E-state index in [0.717, 1.165) is 12.0 Å². The summed E-state index contributed by atoms with van der Waals surface area (Å²) < 4.78 is 18.8. The molecule has 136 valence electrons. The lowest BCUT2D eigenvalue weighted by molar-refractivity contribution is 0.0776. The number of ether oxygens (including phenoxy) is 1. The molecule has 4 nitrogen and oxygen atoms in total. The molecule has 0 fully saturated rings. The highest BCUT2D eigenvalue weighted by Crippen LogP contribution is 2.15. The van der Waals surface area contributed by atoms with Crippen molar-refractivity contribution in [3.8, 4) is 0 Å². The Hall–Kier alpha value is -1.62. The molecule has 2 N–H and O–H groups in total. The number of hydrogen-bond acceptors (Lipinski definition) is 3. The third-order valence-corrected chi connectivity index (χ3v) is 4.07. The summed E-state index contributed by atoms with van der Waals surface area (Å²) in [6, 6.07) is 9.52. The van der Waals surface area contributed by atoms with Gasteiger partial charge in [0.25, 0.3) is 0 Å². The van der Waals surface area contributed by atoms with Gasteiger partial charge in [-0.05, 0) is 37.7 Å². The van der Waals surface area contributed by atoms with Crippen molar-refractivity contribution in [2.24, 2.45) is 11.7 Å². The SMILES string of the molecule is CC(C)CCN(C(=O)OCc1ccccc1)[C@H](C)CCC(F)CN. The minimum Gasteiger partial charge on any atom is -0.445 e. The highest BCUT2D eigenvalue weighted by Gasteiger charge is 2.22. The first-order chi connectivity index (χ1) is 11.4. The molecule has 0 bridgehead atoms. The van der Waals surface area contributed by atoms with E-state index in [9.17, 15) is 9.18 Å². The van der Waals surface area contributed by atoms with Crippen molar-refractivity contribution in [1.82, 2.24) is 4.90 Å². The van der Waals surface area contributed by atoms with Crippen LogP contribution in [0.1, 0.15) is 45.6 Å². The molecule has 0 saturated carbocycles. The predicted molar refractivity (Wildman–Crippen MR) is 95.4 cm³/mol. The van der Waals surface area contributed by atoms with Gasteiger partial charge in [-0.2, -0.15) is 0 Å². The van der Waals surface area contributed by atoms with Gasteiger partial charge in [-0.3, -0.25) is 0 Å². The first-order valence-corrected chi connectivity index (χ1v) is 8.75. The molecule has 24 heavy (non-hydrogen) atoms. The van der Waals surface area contributed by atoms with E-state index in [1.165, 1.54) is 0 Å². The molecule has 0 aliphatic carbocycles. The van der Waals surface area contributed by atoms with Gasteiger partial charge in [-0.25, -0.2) is 9.18 Å². The fraction of sp³-hybridized carbons (Fsp3) is 0.632.